The third-order valence-corrected chi connectivity index (χ3v) is 7.41. The number of benzene rings is 1. The van der Waals surface area contributed by atoms with Crippen LogP contribution in [0, 0.1) is 0 Å². The van der Waals surface area contributed by atoms with Crippen molar-refractivity contribution in [1.82, 2.24) is 9.21 Å². The second-order valence-corrected chi connectivity index (χ2v) is 9.52. The third-order valence-electron chi connectivity index (χ3n) is 5.25. The van der Waals surface area contributed by atoms with E-state index in [4.69, 9.17) is 31.4 Å². The molecule has 0 amide bonds. The summed E-state index contributed by atoms with van der Waals surface area (Å²) in [6.07, 6.45) is 7.86. The molecule has 0 aromatic heterocycles. The maximum atomic E-state index is 12.7. The van der Waals surface area contributed by atoms with E-state index in [1.54, 1.807) is 28.6 Å². The van der Waals surface area contributed by atoms with E-state index in [0.29, 0.717) is 29.0 Å². The second kappa shape index (κ2) is 10.9. The number of aliphatic carboxylic acids is 2. The molecule has 0 unspecified atom stereocenters. The van der Waals surface area contributed by atoms with Crippen LogP contribution in [-0.4, -0.2) is 72.0 Å². The lowest BCUT2D eigenvalue weighted by Gasteiger charge is -2.38. The van der Waals surface area contributed by atoms with Crippen molar-refractivity contribution in [3.8, 4) is 0 Å². The van der Waals surface area contributed by atoms with E-state index in [2.05, 4.69) is 4.90 Å². The lowest BCUT2D eigenvalue weighted by Crippen LogP contribution is -2.51. The zero-order chi connectivity index (χ0) is 21.4. The summed E-state index contributed by atoms with van der Waals surface area (Å²) in [6.45, 7) is 2.86. The molecule has 162 valence electrons. The molecule has 29 heavy (non-hydrogen) atoms. The minimum atomic E-state index is -3.39. The van der Waals surface area contributed by atoms with Crippen molar-refractivity contribution in [1.29, 1.82) is 0 Å². The van der Waals surface area contributed by atoms with Gasteiger partial charge in [0.05, 0.1) is 4.90 Å². The highest BCUT2D eigenvalue weighted by Crippen LogP contribution is 2.25. The zero-order valence-corrected chi connectivity index (χ0v) is 17.7. The van der Waals surface area contributed by atoms with Crippen LogP contribution in [0.5, 0.6) is 0 Å². The van der Waals surface area contributed by atoms with Gasteiger partial charge in [0, 0.05) is 37.2 Å². The van der Waals surface area contributed by atoms with Gasteiger partial charge in [-0.05, 0) is 37.1 Å². The van der Waals surface area contributed by atoms with Gasteiger partial charge >= 0.3 is 11.9 Å². The van der Waals surface area contributed by atoms with E-state index in [0.717, 1.165) is 13.1 Å². The Labute approximate surface area is 176 Å². The average Bonchev–Trinajstić information content (AvgIpc) is 2.98. The van der Waals surface area contributed by atoms with E-state index in [1.165, 1.54) is 38.5 Å². The van der Waals surface area contributed by atoms with Crippen molar-refractivity contribution in [2.45, 2.75) is 49.5 Å². The van der Waals surface area contributed by atoms with Crippen LogP contribution in [0.4, 0.5) is 0 Å². The highest BCUT2D eigenvalue weighted by atomic mass is 35.5. The molecule has 0 radical (unpaired) electrons. The molecule has 2 N–H and O–H groups in total. The Bertz CT molecular complexity index is 771. The maximum absolute atomic E-state index is 12.7. The predicted molar refractivity (Wildman–Crippen MR) is 109 cm³/mol. The normalized spacial score (nSPS) is 19.6. The number of halogens is 1. The van der Waals surface area contributed by atoms with E-state index < -0.39 is 22.0 Å². The molecule has 10 heteroatoms. The van der Waals surface area contributed by atoms with Crippen LogP contribution in [0.25, 0.3) is 0 Å². The molecule has 0 spiro atoms. The van der Waals surface area contributed by atoms with Crippen LogP contribution in [0.1, 0.15) is 38.5 Å². The number of carbonyl (C=O) groups is 2. The number of sulfonamides is 1. The Morgan fingerprint density at radius 3 is 1.79 bits per heavy atom. The molecule has 0 atom stereocenters. The predicted octanol–water partition coefficient (Wildman–Crippen LogP) is 2.52. The Morgan fingerprint density at radius 2 is 1.34 bits per heavy atom. The van der Waals surface area contributed by atoms with E-state index in [-0.39, 0.29) is 0 Å². The van der Waals surface area contributed by atoms with Gasteiger partial charge in [-0.1, -0.05) is 37.3 Å². The first-order valence-electron chi connectivity index (χ1n) is 9.68. The van der Waals surface area contributed by atoms with Crippen LogP contribution >= 0.6 is 11.6 Å². The molecule has 3 rings (SSSR count). The first-order valence-corrected chi connectivity index (χ1v) is 11.5. The summed E-state index contributed by atoms with van der Waals surface area (Å²) in [5, 5.41) is 15.3. The summed E-state index contributed by atoms with van der Waals surface area (Å²) in [5.74, 6) is -3.65. The number of nitrogens with zero attached hydrogens (tertiary/aromatic N) is 2. The van der Waals surface area contributed by atoms with Gasteiger partial charge in [-0.25, -0.2) is 18.0 Å². The van der Waals surface area contributed by atoms with Crippen LogP contribution in [0.2, 0.25) is 5.02 Å². The first kappa shape index (κ1) is 23.6. The topological polar surface area (TPSA) is 115 Å². The minimum absolute atomic E-state index is 0.338. The van der Waals surface area contributed by atoms with Gasteiger partial charge in [-0.15, -0.1) is 0 Å². The molecule has 1 aromatic rings. The van der Waals surface area contributed by atoms with Gasteiger partial charge < -0.3 is 10.2 Å². The minimum Gasteiger partial charge on any atom is -0.473 e. The Morgan fingerprint density at radius 1 is 0.862 bits per heavy atom. The van der Waals surface area contributed by atoms with Crippen LogP contribution < -0.4 is 0 Å². The summed E-state index contributed by atoms with van der Waals surface area (Å²) in [7, 11) is -3.39. The average molecular weight is 447 g/mol. The molecular weight excluding hydrogens is 420 g/mol. The summed E-state index contributed by atoms with van der Waals surface area (Å²) >= 11 is 5.85. The number of hydrogen-bond donors (Lipinski definition) is 2. The molecule has 2 fully saturated rings. The highest BCUT2D eigenvalue weighted by molar-refractivity contribution is 7.89. The molecule has 1 heterocycles. The van der Waals surface area contributed by atoms with Crippen LogP contribution in [0.15, 0.2) is 29.2 Å². The maximum Gasteiger partial charge on any atom is 0.414 e. The van der Waals surface area contributed by atoms with Crippen LogP contribution in [0.3, 0.4) is 0 Å². The van der Waals surface area contributed by atoms with Gasteiger partial charge in [0.1, 0.15) is 0 Å². The summed E-state index contributed by atoms with van der Waals surface area (Å²) in [6, 6.07) is 7.11. The van der Waals surface area contributed by atoms with Crippen molar-refractivity contribution in [2.75, 3.05) is 26.2 Å². The second-order valence-electron chi connectivity index (χ2n) is 7.15. The van der Waals surface area contributed by atoms with Gasteiger partial charge in [0.25, 0.3) is 0 Å². The lowest BCUT2D eigenvalue weighted by atomic mass is 10.1. The Kier molecular flexibility index (Phi) is 8.88. The largest absolute Gasteiger partial charge is 0.473 e. The molecule has 1 saturated carbocycles. The summed E-state index contributed by atoms with van der Waals surface area (Å²) < 4.78 is 27.0. The molecule has 1 saturated heterocycles. The number of piperazine rings is 1. The van der Waals surface area contributed by atoms with Crippen molar-refractivity contribution >= 4 is 33.6 Å². The third kappa shape index (κ3) is 6.95. The number of carboxylic acid groups (broad SMARTS) is 2. The van der Waals surface area contributed by atoms with Gasteiger partial charge in [-0.3, -0.25) is 4.90 Å². The van der Waals surface area contributed by atoms with Crippen LogP contribution in [-0.2, 0) is 19.6 Å². The van der Waals surface area contributed by atoms with Crippen molar-refractivity contribution in [3.05, 3.63) is 29.3 Å². The monoisotopic (exact) mass is 446 g/mol. The SMILES string of the molecule is O=C(O)C(=O)O.O=S(=O)(c1ccc(Cl)cc1)N1CCN(C2CCCCCC2)CC1. The van der Waals surface area contributed by atoms with E-state index >= 15 is 0 Å². The van der Waals surface area contributed by atoms with E-state index in [1.807, 2.05) is 0 Å². The number of carboxylic acids is 2. The molecule has 8 nitrogen and oxygen atoms in total. The standard InChI is InChI=1S/C17H25ClN2O2S.C2H2O4/c18-15-7-9-17(10-8-15)23(21,22)20-13-11-19(12-14-20)16-5-3-1-2-4-6-16;3-1(4)2(5)6/h7-10,16H,1-6,11-14H2;(H,3,4)(H,5,6). The smallest absolute Gasteiger partial charge is 0.414 e. The Balaban J connectivity index is 0.000000438. The number of hydrogen-bond acceptors (Lipinski definition) is 5. The molecule has 2 aliphatic rings. The zero-order valence-electron chi connectivity index (χ0n) is 16.2. The molecular formula is C19H27ClN2O6S. The highest BCUT2D eigenvalue weighted by Gasteiger charge is 2.31. The fourth-order valence-corrected chi connectivity index (χ4v) is 5.24. The van der Waals surface area contributed by atoms with Crippen molar-refractivity contribution < 1.29 is 28.2 Å². The van der Waals surface area contributed by atoms with Crippen molar-refractivity contribution in [2.24, 2.45) is 0 Å². The Hall–Kier alpha value is -1.68. The van der Waals surface area contributed by atoms with E-state index in [9.17, 15) is 8.42 Å². The van der Waals surface area contributed by atoms with Gasteiger partial charge in [0.15, 0.2) is 0 Å². The van der Waals surface area contributed by atoms with Gasteiger partial charge in [-0.2, -0.15) is 4.31 Å². The first-order chi connectivity index (χ1) is 13.7. The molecule has 1 aliphatic carbocycles. The van der Waals surface area contributed by atoms with Crippen molar-refractivity contribution in [3.63, 3.8) is 0 Å². The fourth-order valence-electron chi connectivity index (χ4n) is 3.69. The quantitative estimate of drug-likeness (QED) is 0.541. The summed E-state index contributed by atoms with van der Waals surface area (Å²) in [5.41, 5.74) is 0. The lowest BCUT2D eigenvalue weighted by molar-refractivity contribution is -0.159. The fraction of sp³-hybridized carbons (Fsp3) is 0.579. The molecule has 1 aromatic carbocycles. The molecule has 1 aliphatic heterocycles. The molecule has 0 bridgehead atoms. The summed E-state index contributed by atoms with van der Waals surface area (Å²) in [4.78, 5) is 21.0. The van der Waals surface area contributed by atoms with Gasteiger partial charge in [0.2, 0.25) is 10.0 Å². The number of rotatable bonds is 3.